The van der Waals surface area contributed by atoms with Crippen LogP contribution in [0.1, 0.15) is 0 Å². The van der Waals surface area contributed by atoms with Crippen LogP contribution in [0.3, 0.4) is 0 Å². The highest BCUT2D eigenvalue weighted by atomic mass is 16.2. The summed E-state index contributed by atoms with van der Waals surface area (Å²) in [7, 11) is 0. The van der Waals surface area contributed by atoms with Gasteiger partial charge in [-0.2, -0.15) is 9.37 Å². The van der Waals surface area contributed by atoms with Crippen molar-refractivity contribution in [3.8, 4) is 0 Å². The Morgan fingerprint density at radius 3 is 2.88 bits per heavy atom. The van der Waals surface area contributed by atoms with E-state index in [0.29, 0.717) is 0 Å². The first kappa shape index (κ1) is 4.90. The fourth-order valence-corrected chi connectivity index (χ4v) is 0.387. The summed E-state index contributed by atoms with van der Waals surface area (Å²) in [4.78, 5) is 13.8. The maximum Gasteiger partial charge on any atom is 0.543 e. The molecule has 3 heteroatoms. The molecule has 0 atom stereocenters. The van der Waals surface area contributed by atoms with Gasteiger partial charge < -0.3 is 0 Å². The highest BCUT2D eigenvalue weighted by Crippen LogP contribution is 1.87. The van der Waals surface area contributed by atoms with E-state index in [2.05, 4.69) is 11.7 Å². The fourth-order valence-electron chi connectivity index (χ4n) is 0.387. The van der Waals surface area contributed by atoms with Crippen molar-refractivity contribution in [3.05, 3.63) is 12.3 Å². The number of hydrogen-bond acceptors (Lipinski definition) is 1. The number of aliphatic imine (C=N–C) groups is 1. The van der Waals surface area contributed by atoms with Crippen LogP contribution in [0.2, 0.25) is 0 Å². The Bertz CT molecular complexity index is 169. The molecule has 0 unspecified atom stereocenters. The number of carbonyl (C=O) groups excluding carboxylic acids is 1. The van der Waals surface area contributed by atoms with Crippen LogP contribution in [-0.4, -0.2) is 23.5 Å². The van der Waals surface area contributed by atoms with Gasteiger partial charge in [0.25, 0.3) is 0 Å². The minimum Gasteiger partial charge on any atom is -0.192 e. The third kappa shape index (κ3) is 0.703. The molecule has 0 aromatic rings. The molecule has 0 aromatic heterocycles. The average molecular weight is 109 g/mol. The summed E-state index contributed by atoms with van der Waals surface area (Å²) in [5, 5.41) is 0. The molecule has 1 aliphatic rings. The van der Waals surface area contributed by atoms with E-state index >= 15 is 0 Å². The first-order chi connectivity index (χ1) is 3.80. The zero-order chi connectivity index (χ0) is 5.98. The van der Waals surface area contributed by atoms with E-state index < -0.39 is 0 Å². The Labute approximate surface area is 46.7 Å². The number of hydrogen-bond donors (Lipinski definition) is 0. The quantitative estimate of drug-likeness (QED) is 0.415. The molecule has 2 amide bonds. The Morgan fingerprint density at radius 1 is 1.75 bits per heavy atom. The monoisotopic (exact) mass is 109 g/mol. The number of amides is 2. The molecule has 0 N–H and O–H groups in total. The minimum absolute atomic E-state index is 0.326. The molecule has 0 radical (unpaired) electrons. The van der Waals surface area contributed by atoms with Crippen LogP contribution in [0, 0.1) is 0 Å². The van der Waals surface area contributed by atoms with Gasteiger partial charge in [-0.05, 0) is 4.99 Å². The van der Waals surface area contributed by atoms with Gasteiger partial charge in [0.2, 0.25) is 0 Å². The molecule has 0 bridgehead atoms. The SMILES string of the molecule is C=[N+]1C=CC=NC1=O. The Kier molecular flexibility index (Phi) is 1.04. The number of carbonyl (C=O) groups is 1. The van der Waals surface area contributed by atoms with Crippen LogP contribution in [0.4, 0.5) is 4.79 Å². The first-order valence-electron chi connectivity index (χ1n) is 2.15. The molecular formula is C5H5N2O+. The van der Waals surface area contributed by atoms with Crippen molar-refractivity contribution in [3.63, 3.8) is 0 Å². The normalized spacial score (nSPS) is 17.5. The van der Waals surface area contributed by atoms with Gasteiger partial charge in [-0.1, -0.05) is 0 Å². The lowest BCUT2D eigenvalue weighted by atomic mass is 10.6. The van der Waals surface area contributed by atoms with E-state index in [0.717, 1.165) is 0 Å². The topological polar surface area (TPSA) is 32.4 Å². The molecule has 1 aliphatic heterocycles. The van der Waals surface area contributed by atoms with Crippen molar-refractivity contribution in [1.29, 1.82) is 0 Å². The molecule has 40 valence electrons. The third-order valence-corrected chi connectivity index (χ3v) is 0.783. The largest absolute Gasteiger partial charge is 0.543 e. The molecule has 0 spiro atoms. The van der Waals surface area contributed by atoms with E-state index in [1.807, 2.05) is 0 Å². The lowest BCUT2D eigenvalue weighted by Crippen LogP contribution is -2.10. The predicted octanol–water partition coefficient (Wildman–Crippen LogP) is 0.418. The zero-order valence-corrected chi connectivity index (χ0v) is 4.24. The lowest BCUT2D eigenvalue weighted by Gasteiger charge is -1.86. The number of allylic oxidation sites excluding steroid dienone is 1. The maximum atomic E-state index is 10.4. The molecule has 3 nitrogen and oxygen atoms in total. The Hall–Kier alpha value is -1.25. The second-order valence-electron chi connectivity index (χ2n) is 1.37. The van der Waals surface area contributed by atoms with E-state index in [4.69, 9.17) is 0 Å². The van der Waals surface area contributed by atoms with E-state index in [1.165, 1.54) is 10.8 Å². The summed E-state index contributed by atoms with van der Waals surface area (Å²) in [5.74, 6) is 0. The number of urea groups is 1. The van der Waals surface area contributed by atoms with Crippen LogP contribution < -0.4 is 0 Å². The van der Waals surface area contributed by atoms with Crippen LogP contribution >= 0.6 is 0 Å². The van der Waals surface area contributed by atoms with Crippen LogP contribution in [0.15, 0.2) is 17.3 Å². The smallest absolute Gasteiger partial charge is 0.192 e. The Balaban J connectivity index is 2.89. The molecular weight excluding hydrogens is 104 g/mol. The second-order valence-corrected chi connectivity index (χ2v) is 1.37. The summed E-state index contributed by atoms with van der Waals surface area (Å²) >= 11 is 0. The minimum atomic E-state index is -0.326. The standard InChI is InChI=1S/C5H5N2O/c1-7-4-2-3-6-5(7)8/h2-4H,1H2/q+1. The molecule has 1 heterocycles. The fraction of sp³-hybridized carbons (Fsp3) is 0. The van der Waals surface area contributed by atoms with E-state index in [1.54, 1.807) is 12.3 Å². The van der Waals surface area contributed by atoms with Crippen molar-refractivity contribution in [2.75, 3.05) is 0 Å². The molecule has 1 rings (SSSR count). The van der Waals surface area contributed by atoms with Crippen molar-refractivity contribution in [1.82, 2.24) is 0 Å². The molecule has 0 saturated carbocycles. The maximum absolute atomic E-state index is 10.4. The number of rotatable bonds is 0. The van der Waals surface area contributed by atoms with Crippen molar-refractivity contribution in [2.45, 2.75) is 0 Å². The van der Waals surface area contributed by atoms with Gasteiger partial charge >= 0.3 is 6.03 Å². The predicted molar refractivity (Wildman–Crippen MR) is 30.4 cm³/mol. The molecule has 8 heavy (non-hydrogen) atoms. The van der Waals surface area contributed by atoms with Gasteiger partial charge in [0.1, 0.15) is 12.4 Å². The molecule has 0 saturated heterocycles. The van der Waals surface area contributed by atoms with Gasteiger partial charge in [-0.25, -0.2) is 0 Å². The highest BCUT2D eigenvalue weighted by Gasteiger charge is 2.11. The van der Waals surface area contributed by atoms with Crippen LogP contribution in [0.25, 0.3) is 0 Å². The van der Waals surface area contributed by atoms with Gasteiger partial charge in [0.15, 0.2) is 0 Å². The van der Waals surface area contributed by atoms with Crippen LogP contribution in [-0.2, 0) is 0 Å². The van der Waals surface area contributed by atoms with Gasteiger partial charge in [-0.15, -0.1) is 0 Å². The van der Waals surface area contributed by atoms with E-state index in [9.17, 15) is 4.79 Å². The van der Waals surface area contributed by atoms with Gasteiger partial charge in [0, 0.05) is 6.08 Å². The number of nitrogens with zero attached hydrogens (tertiary/aromatic N) is 2. The summed E-state index contributed by atoms with van der Waals surface area (Å²) < 4.78 is 1.17. The zero-order valence-electron chi connectivity index (χ0n) is 4.24. The highest BCUT2D eigenvalue weighted by molar-refractivity contribution is 5.86. The van der Waals surface area contributed by atoms with Crippen molar-refractivity contribution < 1.29 is 9.37 Å². The van der Waals surface area contributed by atoms with Gasteiger partial charge in [0.05, 0.1) is 6.72 Å². The third-order valence-electron chi connectivity index (χ3n) is 0.783. The lowest BCUT2D eigenvalue weighted by molar-refractivity contribution is -0.337. The van der Waals surface area contributed by atoms with Crippen molar-refractivity contribution >= 4 is 19.0 Å². The summed E-state index contributed by atoms with van der Waals surface area (Å²) in [6.07, 6.45) is 4.63. The summed E-state index contributed by atoms with van der Waals surface area (Å²) in [6, 6.07) is -0.326. The average Bonchev–Trinajstić information content (AvgIpc) is 1.77. The molecule has 0 aromatic carbocycles. The van der Waals surface area contributed by atoms with Gasteiger partial charge in [-0.3, -0.25) is 0 Å². The second kappa shape index (κ2) is 1.69. The Morgan fingerprint density at radius 2 is 2.50 bits per heavy atom. The van der Waals surface area contributed by atoms with Crippen molar-refractivity contribution in [2.24, 2.45) is 4.99 Å². The first-order valence-corrected chi connectivity index (χ1v) is 2.15. The molecule has 0 fully saturated rings. The van der Waals surface area contributed by atoms with Crippen LogP contribution in [0.5, 0.6) is 0 Å². The summed E-state index contributed by atoms with van der Waals surface area (Å²) in [6.45, 7) is 3.36. The van der Waals surface area contributed by atoms with E-state index in [-0.39, 0.29) is 6.03 Å². The molecule has 0 aliphatic carbocycles. The summed E-state index contributed by atoms with van der Waals surface area (Å²) in [5.41, 5.74) is 0.